The molecule has 0 bridgehead atoms. The van der Waals surface area contributed by atoms with Gasteiger partial charge in [-0.1, -0.05) is 48.0 Å². The number of halogens is 1. The highest BCUT2D eigenvalue weighted by Gasteiger charge is 2.15. The summed E-state index contributed by atoms with van der Waals surface area (Å²) < 4.78 is 0. The predicted molar refractivity (Wildman–Crippen MR) is 99.6 cm³/mol. The third-order valence-electron chi connectivity index (χ3n) is 4.43. The molecule has 24 heavy (non-hydrogen) atoms. The molecular formula is C20H12ClN3. The molecule has 0 aliphatic carbocycles. The Kier molecular flexibility index (Phi) is 2.76. The van der Waals surface area contributed by atoms with Crippen LogP contribution in [0.15, 0.2) is 54.6 Å². The van der Waals surface area contributed by atoms with Crippen LogP contribution in [0.1, 0.15) is 5.56 Å². The van der Waals surface area contributed by atoms with Gasteiger partial charge in [0.25, 0.3) is 0 Å². The van der Waals surface area contributed by atoms with E-state index in [0.717, 1.165) is 49.3 Å². The van der Waals surface area contributed by atoms with Crippen molar-refractivity contribution in [1.82, 2.24) is 15.0 Å². The average Bonchev–Trinajstić information content (AvgIpc) is 2.60. The van der Waals surface area contributed by atoms with Crippen molar-refractivity contribution in [2.45, 2.75) is 6.92 Å². The number of pyridine rings is 1. The van der Waals surface area contributed by atoms with E-state index in [1.807, 2.05) is 49.4 Å². The number of nitrogens with zero attached hydrogens (tertiary/aromatic N) is 3. The van der Waals surface area contributed by atoms with Gasteiger partial charge in [0, 0.05) is 16.2 Å². The van der Waals surface area contributed by atoms with Crippen molar-refractivity contribution in [2.24, 2.45) is 0 Å². The van der Waals surface area contributed by atoms with Crippen LogP contribution in [0.5, 0.6) is 0 Å². The summed E-state index contributed by atoms with van der Waals surface area (Å²) in [5.41, 5.74) is 5.51. The second-order valence-electron chi connectivity index (χ2n) is 5.94. The highest BCUT2D eigenvalue weighted by molar-refractivity contribution is 6.31. The summed E-state index contributed by atoms with van der Waals surface area (Å²) in [7, 11) is 0. The van der Waals surface area contributed by atoms with Gasteiger partial charge >= 0.3 is 0 Å². The topological polar surface area (TPSA) is 38.7 Å². The van der Waals surface area contributed by atoms with Gasteiger partial charge in [0.15, 0.2) is 0 Å². The number of aromatic nitrogens is 3. The molecule has 3 nitrogen and oxygen atoms in total. The minimum absolute atomic E-state index is 0.498. The molecule has 0 spiro atoms. The molecule has 0 radical (unpaired) electrons. The molecule has 4 heteroatoms. The molecule has 0 N–H and O–H groups in total. The number of benzene rings is 3. The molecule has 2 heterocycles. The molecule has 3 aromatic carbocycles. The molecule has 0 saturated heterocycles. The lowest BCUT2D eigenvalue weighted by molar-refractivity contribution is 1.36. The van der Waals surface area contributed by atoms with Crippen LogP contribution in [0.3, 0.4) is 0 Å². The first-order valence-electron chi connectivity index (χ1n) is 7.76. The zero-order valence-electron chi connectivity index (χ0n) is 12.9. The van der Waals surface area contributed by atoms with Gasteiger partial charge < -0.3 is 0 Å². The van der Waals surface area contributed by atoms with Gasteiger partial charge in [-0.25, -0.2) is 15.0 Å². The zero-order chi connectivity index (χ0) is 16.3. The first-order chi connectivity index (χ1) is 11.7. The molecule has 0 aliphatic heterocycles. The first-order valence-corrected chi connectivity index (χ1v) is 8.14. The zero-order valence-corrected chi connectivity index (χ0v) is 13.7. The minimum atomic E-state index is 0.498. The smallest absolute Gasteiger partial charge is 0.130 e. The normalized spacial score (nSPS) is 11.8. The van der Waals surface area contributed by atoms with Gasteiger partial charge in [-0.3, -0.25) is 0 Å². The van der Waals surface area contributed by atoms with Crippen LogP contribution >= 0.6 is 11.6 Å². The van der Waals surface area contributed by atoms with Gasteiger partial charge in [0.2, 0.25) is 0 Å². The van der Waals surface area contributed by atoms with Crippen molar-refractivity contribution < 1.29 is 0 Å². The Morgan fingerprint density at radius 3 is 2.00 bits per heavy atom. The SMILES string of the molecule is Cc1cc(Cl)nc2c3ccccc3c3nc4ccccc4nc3c12. The molecule has 0 amide bonds. The average molecular weight is 330 g/mol. The number of hydrogen-bond acceptors (Lipinski definition) is 3. The molecule has 5 rings (SSSR count). The number of hydrogen-bond donors (Lipinski definition) is 0. The molecule has 0 saturated carbocycles. The molecule has 0 atom stereocenters. The summed E-state index contributed by atoms with van der Waals surface area (Å²) in [6.45, 7) is 2.04. The van der Waals surface area contributed by atoms with Crippen molar-refractivity contribution >= 4 is 55.3 Å². The second-order valence-corrected chi connectivity index (χ2v) is 6.33. The molecule has 2 aromatic heterocycles. The van der Waals surface area contributed by atoms with Crippen LogP contribution in [0.2, 0.25) is 5.15 Å². The number of rotatable bonds is 0. The highest BCUT2D eigenvalue weighted by Crippen LogP contribution is 2.35. The van der Waals surface area contributed by atoms with Gasteiger partial charge in [-0.05, 0) is 30.7 Å². The monoisotopic (exact) mass is 329 g/mol. The van der Waals surface area contributed by atoms with E-state index in [1.165, 1.54) is 0 Å². The third-order valence-corrected chi connectivity index (χ3v) is 4.62. The maximum atomic E-state index is 6.22. The first kappa shape index (κ1) is 13.6. The number of para-hydroxylation sites is 2. The van der Waals surface area contributed by atoms with Gasteiger partial charge in [0.1, 0.15) is 5.15 Å². The van der Waals surface area contributed by atoms with Gasteiger partial charge in [-0.15, -0.1) is 0 Å². The fourth-order valence-electron chi connectivity index (χ4n) is 3.38. The Morgan fingerprint density at radius 2 is 1.29 bits per heavy atom. The Morgan fingerprint density at radius 1 is 0.708 bits per heavy atom. The maximum Gasteiger partial charge on any atom is 0.130 e. The van der Waals surface area contributed by atoms with Gasteiger partial charge in [0.05, 0.1) is 27.6 Å². The predicted octanol–water partition coefficient (Wildman–Crippen LogP) is 5.45. The maximum absolute atomic E-state index is 6.22. The van der Waals surface area contributed by atoms with E-state index in [2.05, 4.69) is 17.1 Å². The van der Waals surface area contributed by atoms with Crippen LogP contribution in [0, 0.1) is 6.92 Å². The summed E-state index contributed by atoms with van der Waals surface area (Å²) in [6.07, 6.45) is 0. The number of fused-ring (bicyclic) bond motifs is 7. The lowest BCUT2D eigenvalue weighted by atomic mass is 10.0. The lowest BCUT2D eigenvalue weighted by Gasteiger charge is -2.11. The van der Waals surface area contributed by atoms with E-state index in [4.69, 9.17) is 21.6 Å². The van der Waals surface area contributed by atoms with Crippen LogP contribution in [-0.2, 0) is 0 Å². The molecule has 0 aliphatic rings. The summed E-state index contributed by atoms with van der Waals surface area (Å²) in [5.74, 6) is 0. The molecule has 5 aromatic rings. The van der Waals surface area contributed by atoms with E-state index in [-0.39, 0.29) is 0 Å². The molecular weight excluding hydrogens is 318 g/mol. The van der Waals surface area contributed by atoms with Crippen molar-refractivity contribution in [3.63, 3.8) is 0 Å². The summed E-state index contributed by atoms with van der Waals surface area (Å²) in [6, 6.07) is 18.0. The Labute approximate surface area is 142 Å². The molecule has 0 fully saturated rings. The molecule has 0 unspecified atom stereocenters. The lowest BCUT2D eigenvalue weighted by Crippen LogP contribution is -1.94. The van der Waals surface area contributed by atoms with E-state index < -0.39 is 0 Å². The fourth-order valence-corrected chi connectivity index (χ4v) is 3.63. The van der Waals surface area contributed by atoms with Gasteiger partial charge in [-0.2, -0.15) is 0 Å². The van der Waals surface area contributed by atoms with Crippen molar-refractivity contribution in [1.29, 1.82) is 0 Å². The van der Waals surface area contributed by atoms with Crippen LogP contribution in [0.4, 0.5) is 0 Å². The highest BCUT2D eigenvalue weighted by atomic mass is 35.5. The van der Waals surface area contributed by atoms with E-state index in [9.17, 15) is 0 Å². The summed E-state index contributed by atoms with van der Waals surface area (Å²) >= 11 is 6.22. The molecule has 114 valence electrons. The largest absolute Gasteiger partial charge is 0.244 e. The number of aryl methyl sites for hydroxylation is 1. The Balaban J connectivity index is 2.18. The van der Waals surface area contributed by atoms with Crippen LogP contribution < -0.4 is 0 Å². The van der Waals surface area contributed by atoms with Crippen molar-refractivity contribution in [3.8, 4) is 0 Å². The minimum Gasteiger partial charge on any atom is -0.244 e. The summed E-state index contributed by atoms with van der Waals surface area (Å²) in [5, 5.41) is 3.62. The Bertz CT molecular complexity index is 1280. The van der Waals surface area contributed by atoms with E-state index in [1.54, 1.807) is 0 Å². The Hall–Kier alpha value is -2.78. The standard InChI is InChI=1S/C20H12ClN3/c1-11-10-16(21)24-18-12-6-2-3-7-13(12)19-20(17(11)18)23-15-9-5-4-8-14(15)22-19/h2-10H,1H3. The third kappa shape index (κ3) is 1.82. The van der Waals surface area contributed by atoms with Crippen molar-refractivity contribution in [2.75, 3.05) is 0 Å². The second kappa shape index (κ2) is 4.86. The quantitative estimate of drug-likeness (QED) is 0.215. The van der Waals surface area contributed by atoms with E-state index in [0.29, 0.717) is 5.15 Å². The van der Waals surface area contributed by atoms with Crippen LogP contribution in [0.25, 0.3) is 43.7 Å². The van der Waals surface area contributed by atoms with E-state index >= 15 is 0 Å². The summed E-state index contributed by atoms with van der Waals surface area (Å²) in [4.78, 5) is 14.4. The fraction of sp³-hybridized carbons (Fsp3) is 0.0500. The van der Waals surface area contributed by atoms with Crippen molar-refractivity contribution in [3.05, 3.63) is 65.3 Å². The van der Waals surface area contributed by atoms with Crippen LogP contribution in [-0.4, -0.2) is 15.0 Å².